The number of alkyl halides is 3. The van der Waals surface area contributed by atoms with Gasteiger partial charge in [-0.1, -0.05) is 23.2 Å². The highest BCUT2D eigenvalue weighted by Gasteiger charge is 2.49. The molecule has 9 nitrogen and oxygen atoms in total. The Morgan fingerprint density at radius 1 is 1.45 bits per heavy atom. The zero-order valence-corrected chi connectivity index (χ0v) is 16.2. The maximum Gasteiger partial charge on any atom is 0.430 e. The number of fused-ring (bicyclic) bond motifs is 1. The van der Waals surface area contributed by atoms with Crippen molar-refractivity contribution in [2.45, 2.75) is 12.3 Å². The summed E-state index contributed by atoms with van der Waals surface area (Å²) in [6.45, 7) is -1.34. The molecule has 1 aromatic rings. The molecule has 1 aliphatic rings. The number of hydrogen-bond acceptors (Lipinski definition) is 7. The number of carbonyl (C=O) groups is 1. The first-order chi connectivity index (χ1) is 13.5. The van der Waals surface area contributed by atoms with Crippen molar-refractivity contribution in [1.29, 1.82) is 0 Å². The largest absolute Gasteiger partial charge is 0.569 e. The molecule has 0 spiro atoms. The van der Waals surface area contributed by atoms with Crippen LogP contribution in [0.5, 0.6) is 5.75 Å². The molecular weight excluding hydrogens is 446 g/mol. The molecule has 160 valence electrons. The number of likely N-dealkylation sites (N-methyl/N-ethyl adjacent to an activating group) is 1. The van der Waals surface area contributed by atoms with Crippen LogP contribution in [0.4, 0.5) is 13.2 Å². The Morgan fingerprint density at radius 3 is 2.76 bits per heavy atom. The average molecular weight is 460 g/mol. The molecular formula is C15H14Cl2F3N3O6. The second-order valence-corrected chi connectivity index (χ2v) is 6.41. The van der Waals surface area contributed by atoms with Crippen LogP contribution in [0, 0.1) is 5.21 Å². The third-order valence-electron chi connectivity index (χ3n) is 3.49. The Morgan fingerprint density at radius 2 is 2.14 bits per heavy atom. The summed E-state index contributed by atoms with van der Waals surface area (Å²) in [4.78, 5) is 16.5. The number of carbonyl (C=O) groups excluding carboxylic acids is 1. The van der Waals surface area contributed by atoms with Crippen LogP contribution in [0.25, 0.3) is 6.08 Å². The predicted molar refractivity (Wildman–Crippen MR) is 92.7 cm³/mol. The molecule has 0 amide bonds. The second kappa shape index (κ2) is 9.37. The molecule has 1 aliphatic heterocycles. The average Bonchev–Trinajstić information content (AvgIpc) is 2.63. The van der Waals surface area contributed by atoms with E-state index in [2.05, 4.69) is 14.9 Å². The van der Waals surface area contributed by atoms with Gasteiger partial charge in [-0.25, -0.2) is 4.79 Å². The Hall–Kier alpha value is -2.44. The minimum atomic E-state index is -4.95. The van der Waals surface area contributed by atoms with Crippen LogP contribution < -0.4 is 4.74 Å². The van der Waals surface area contributed by atoms with E-state index in [1.807, 2.05) is 0 Å². The van der Waals surface area contributed by atoms with Gasteiger partial charge in [-0.15, -0.1) is 5.01 Å². The van der Waals surface area contributed by atoms with Crippen molar-refractivity contribution in [3.63, 3.8) is 0 Å². The van der Waals surface area contributed by atoms with Crippen LogP contribution in [0.15, 0.2) is 23.0 Å². The van der Waals surface area contributed by atoms with Crippen molar-refractivity contribution in [2.75, 3.05) is 27.0 Å². The molecule has 1 heterocycles. The summed E-state index contributed by atoms with van der Waals surface area (Å²) in [5, 5.41) is 23.9. The molecule has 2 rings (SSSR count). The van der Waals surface area contributed by atoms with Crippen LogP contribution in [-0.2, 0) is 14.4 Å². The molecule has 1 atom stereocenters. The zero-order chi connectivity index (χ0) is 21.8. The summed E-state index contributed by atoms with van der Waals surface area (Å²) >= 11 is 11.7. The third-order valence-corrected chi connectivity index (χ3v) is 3.98. The quantitative estimate of drug-likeness (QED) is 0.167. The van der Waals surface area contributed by atoms with Crippen molar-refractivity contribution in [3.8, 4) is 5.75 Å². The molecule has 0 saturated carbocycles. The molecule has 0 fully saturated rings. The Labute approximate surface area is 172 Å². The third kappa shape index (κ3) is 5.78. The van der Waals surface area contributed by atoms with Gasteiger partial charge in [-0.2, -0.15) is 13.2 Å². The molecule has 14 heteroatoms. The standard InChI is InChI=1S/C15H14Cl2F3N3O6/c1-22(2-3-24)23(26)21-28-7-27-14(25)10-5-8-4-9(16)6-11(17)12(8)29-13(10)15(18,19)20/h4-6,13,24H,2-3,7H2,1H3. The summed E-state index contributed by atoms with van der Waals surface area (Å²) in [6.07, 6.45) is -6.69. The fourth-order valence-corrected chi connectivity index (χ4v) is 2.73. The Kier molecular flexibility index (Phi) is 7.38. The number of hydrazine groups is 1. The second-order valence-electron chi connectivity index (χ2n) is 5.56. The summed E-state index contributed by atoms with van der Waals surface area (Å²) in [5.74, 6) is -1.69. The number of esters is 1. The number of hydrogen-bond donors (Lipinski definition) is 1. The highest BCUT2D eigenvalue weighted by Crippen LogP contribution is 2.42. The van der Waals surface area contributed by atoms with Gasteiger partial charge < -0.3 is 24.6 Å². The lowest BCUT2D eigenvalue weighted by molar-refractivity contribution is -0.706. The van der Waals surface area contributed by atoms with E-state index >= 15 is 0 Å². The maximum absolute atomic E-state index is 13.3. The van der Waals surface area contributed by atoms with Gasteiger partial charge in [0.1, 0.15) is 5.75 Å². The highest BCUT2D eigenvalue weighted by molar-refractivity contribution is 6.36. The van der Waals surface area contributed by atoms with Gasteiger partial charge in [-0.3, -0.25) is 0 Å². The highest BCUT2D eigenvalue weighted by atomic mass is 35.5. The van der Waals surface area contributed by atoms with Gasteiger partial charge in [0.15, 0.2) is 0 Å². The maximum atomic E-state index is 13.3. The van der Waals surface area contributed by atoms with E-state index in [1.54, 1.807) is 0 Å². The van der Waals surface area contributed by atoms with Crippen molar-refractivity contribution in [3.05, 3.63) is 38.5 Å². The van der Waals surface area contributed by atoms with Crippen LogP contribution >= 0.6 is 23.2 Å². The lowest BCUT2D eigenvalue weighted by Crippen LogP contribution is -2.41. The first-order valence-electron chi connectivity index (χ1n) is 7.77. The van der Waals surface area contributed by atoms with E-state index in [0.717, 1.165) is 11.1 Å². The summed E-state index contributed by atoms with van der Waals surface area (Å²) in [7, 11) is 1.29. The minimum Gasteiger partial charge on any atom is -0.569 e. The van der Waals surface area contributed by atoms with Crippen molar-refractivity contribution in [1.82, 2.24) is 5.01 Å². The molecule has 1 aromatic carbocycles. The zero-order valence-electron chi connectivity index (χ0n) is 14.7. The number of aliphatic hydroxyl groups excluding tert-OH is 1. The molecule has 0 aliphatic carbocycles. The van der Waals surface area contributed by atoms with E-state index in [0.29, 0.717) is 0 Å². The SMILES string of the molecule is CN(CCO)[N+]([O-])=NOCOC(=O)C1=Cc2cc(Cl)cc(Cl)c2OC1C(F)(F)F. The van der Waals surface area contributed by atoms with E-state index < -0.39 is 30.6 Å². The fraction of sp³-hybridized carbons (Fsp3) is 0.400. The molecule has 0 saturated heterocycles. The molecule has 0 aromatic heterocycles. The van der Waals surface area contributed by atoms with Gasteiger partial charge in [0.25, 0.3) is 6.79 Å². The Bertz CT molecular complexity index is 834. The van der Waals surface area contributed by atoms with Crippen LogP contribution in [0.2, 0.25) is 10.0 Å². The monoisotopic (exact) mass is 459 g/mol. The number of aliphatic hydroxyl groups is 1. The lowest BCUT2D eigenvalue weighted by atomic mass is 10.0. The molecule has 0 bridgehead atoms. The summed E-state index contributed by atoms with van der Waals surface area (Å²) in [5.41, 5.74) is -0.819. The van der Waals surface area contributed by atoms with Gasteiger partial charge in [-0.05, 0) is 18.2 Å². The number of benzene rings is 1. The van der Waals surface area contributed by atoms with Crippen molar-refractivity contribution >= 4 is 35.2 Å². The van der Waals surface area contributed by atoms with Crippen LogP contribution in [0.3, 0.4) is 0 Å². The van der Waals surface area contributed by atoms with E-state index in [1.165, 1.54) is 19.2 Å². The van der Waals surface area contributed by atoms with Crippen LogP contribution in [0.1, 0.15) is 5.56 Å². The lowest BCUT2D eigenvalue weighted by Gasteiger charge is -2.28. The molecule has 29 heavy (non-hydrogen) atoms. The molecule has 0 radical (unpaired) electrons. The topological polar surface area (TPSA) is 107 Å². The van der Waals surface area contributed by atoms with Gasteiger partial charge in [0, 0.05) is 10.6 Å². The van der Waals surface area contributed by atoms with Gasteiger partial charge in [0.2, 0.25) is 11.4 Å². The fourth-order valence-electron chi connectivity index (χ4n) is 2.17. The Balaban J connectivity index is 2.15. The van der Waals surface area contributed by atoms with Crippen LogP contribution in [-0.4, -0.2) is 60.3 Å². The van der Waals surface area contributed by atoms with Crippen molar-refractivity contribution in [2.24, 2.45) is 5.28 Å². The summed E-state index contributed by atoms with van der Waals surface area (Å²) < 4.78 is 49.5. The first kappa shape index (κ1) is 22.8. The van der Waals surface area contributed by atoms with Gasteiger partial charge in [0.05, 0.1) is 35.8 Å². The van der Waals surface area contributed by atoms with Crippen molar-refractivity contribution < 1.29 is 42.4 Å². The minimum absolute atomic E-state index is 0.0498. The van der Waals surface area contributed by atoms with Gasteiger partial charge >= 0.3 is 12.1 Å². The number of ether oxygens (including phenoxy) is 2. The number of rotatable bonds is 7. The van der Waals surface area contributed by atoms with E-state index in [4.69, 9.17) is 33.0 Å². The predicted octanol–water partition coefficient (Wildman–Crippen LogP) is 2.93. The number of halogens is 5. The smallest absolute Gasteiger partial charge is 0.430 e. The molecule has 1 unspecified atom stereocenters. The summed E-state index contributed by atoms with van der Waals surface area (Å²) in [6, 6.07) is 2.46. The number of nitrogens with zero attached hydrogens (tertiary/aromatic N) is 3. The van der Waals surface area contributed by atoms with E-state index in [9.17, 15) is 23.2 Å². The first-order valence-corrected chi connectivity index (χ1v) is 8.53. The normalized spacial score (nSPS) is 16.4. The van der Waals surface area contributed by atoms with E-state index in [-0.39, 0.29) is 39.5 Å². The molecule has 1 N–H and O–H groups in total.